The molecule has 0 saturated carbocycles. The molecule has 6 nitrogen and oxygen atoms in total. The van der Waals surface area contributed by atoms with Crippen LogP contribution in [0.4, 0.5) is 0 Å². The lowest BCUT2D eigenvalue weighted by Gasteiger charge is -2.18. The van der Waals surface area contributed by atoms with Crippen LogP contribution in [0.15, 0.2) is 0 Å². The van der Waals surface area contributed by atoms with E-state index in [0.29, 0.717) is 19.3 Å². The Bertz CT molecular complexity index is 798. The summed E-state index contributed by atoms with van der Waals surface area (Å²) in [5.41, 5.74) is 0. The van der Waals surface area contributed by atoms with Crippen molar-refractivity contribution in [1.29, 1.82) is 0 Å². The molecular formula is C48H92O6. The molecule has 0 aromatic heterocycles. The summed E-state index contributed by atoms with van der Waals surface area (Å²) in [5.74, 6) is -0.848. The molecule has 0 rings (SSSR count). The van der Waals surface area contributed by atoms with E-state index in [1.807, 2.05) is 0 Å². The highest BCUT2D eigenvalue weighted by Gasteiger charge is 2.19. The van der Waals surface area contributed by atoms with Crippen LogP contribution < -0.4 is 0 Å². The van der Waals surface area contributed by atoms with Gasteiger partial charge in [-0.1, -0.05) is 233 Å². The SMILES string of the molecule is CCCCCCCCCCCCCCCC(=O)OC[C@@H](COC(=O)CCCCCCCCCCCCCC)OC(=O)CCCCCCCCCCCCC. The molecule has 0 unspecified atom stereocenters. The van der Waals surface area contributed by atoms with Gasteiger partial charge in [0.25, 0.3) is 0 Å². The van der Waals surface area contributed by atoms with Gasteiger partial charge in [-0.2, -0.15) is 0 Å². The molecule has 320 valence electrons. The summed E-state index contributed by atoms with van der Waals surface area (Å²) in [7, 11) is 0. The molecular weight excluding hydrogens is 673 g/mol. The van der Waals surface area contributed by atoms with Crippen molar-refractivity contribution in [3.05, 3.63) is 0 Å². The highest BCUT2D eigenvalue weighted by Crippen LogP contribution is 2.16. The van der Waals surface area contributed by atoms with Crippen LogP contribution in [0.2, 0.25) is 0 Å². The van der Waals surface area contributed by atoms with Crippen molar-refractivity contribution < 1.29 is 28.6 Å². The number of hydrogen-bond acceptors (Lipinski definition) is 6. The van der Waals surface area contributed by atoms with Crippen LogP contribution in [-0.4, -0.2) is 37.2 Å². The van der Waals surface area contributed by atoms with E-state index in [2.05, 4.69) is 20.8 Å². The molecule has 0 aliphatic carbocycles. The van der Waals surface area contributed by atoms with Crippen molar-refractivity contribution in [2.75, 3.05) is 13.2 Å². The van der Waals surface area contributed by atoms with Crippen molar-refractivity contribution >= 4 is 17.9 Å². The Morgan fingerprint density at radius 1 is 0.296 bits per heavy atom. The summed E-state index contributed by atoms with van der Waals surface area (Å²) >= 11 is 0. The lowest BCUT2D eigenvalue weighted by Crippen LogP contribution is -2.30. The molecule has 0 aliphatic heterocycles. The number of unbranched alkanes of at least 4 members (excludes halogenated alkanes) is 33. The van der Waals surface area contributed by atoms with Crippen LogP contribution >= 0.6 is 0 Å². The Balaban J connectivity index is 4.31. The van der Waals surface area contributed by atoms with E-state index >= 15 is 0 Å². The van der Waals surface area contributed by atoms with Gasteiger partial charge in [0.1, 0.15) is 13.2 Å². The van der Waals surface area contributed by atoms with Gasteiger partial charge in [0, 0.05) is 19.3 Å². The summed E-state index contributed by atoms with van der Waals surface area (Å²) in [6.45, 7) is 6.65. The molecule has 0 fully saturated rings. The third kappa shape index (κ3) is 41.6. The molecule has 0 aromatic rings. The Hall–Kier alpha value is -1.59. The molecule has 0 bridgehead atoms. The number of rotatable bonds is 44. The number of carbonyl (C=O) groups excluding carboxylic acids is 3. The Morgan fingerprint density at radius 2 is 0.500 bits per heavy atom. The van der Waals surface area contributed by atoms with E-state index in [-0.39, 0.29) is 31.1 Å². The van der Waals surface area contributed by atoms with Crippen molar-refractivity contribution in [3.8, 4) is 0 Å². The maximum atomic E-state index is 12.7. The van der Waals surface area contributed by atoms with Crippen LogP contribution in [0, 0.1) is 0 Å². The standard InChI is InChI=1S/C48H92O6/c1-4-7-10-13-16-19-22-24-27-29-32-35-38-41-47(50)53-44-45(54-48(51)42-39-36-33-30-25-21-18-15-12-9-6-3)43-52-46(49)40-37-34-31-28-26-23-20-17-14-11-8-5-2/h45H,4-44H2,1-3H3/t45-/m1/s1. The first-order chi connectivity index (χ1) is 26.5. The minimum atomic E-state index is -0.758. The van der Waals surface area contributed by atoms with E-state index in [1.165, 1.54) is 173 Å². The fraction of sp³-hybridized carbons (Fsp3) is 0.938. The van der Waals surface area contributed by atoms with Crippen LogP contribution in [0.1, 0.15) is 271 Å². The van der Waals surface area contributed by atoms with Gasteiger partial charge in [0.15, 0.2) is 6.10 Å². The molecule has 54 heavy (non-hydrogen) atoms. The normalized spacial score (nSPS) is 11.8. The minimum Gasteiger partial charge on any atom is -0.462 e. The molecule has 0 aliphatic rings. The zero-order valence-corrected chi connectivity index (χ0v) is 36.5. The van der Waals surface area contributed by atoms with Crippen LogP contribution in [-0.2, 0) is 28.6 Å². The quantitative estimate of drug-likeness (QED) is 0.0349. The molecule has 0 heterocycles. The second kappa shape index (κ2) is 44.1. The smallest absolute Gasteiger partial charge is 0.306 e. The zero-order chi connectivity index (χ0) is 39.4. The third-order valence-electron chi connectivity index (χ3n) is 10.9. The predicted octanol–water partition coefficient (Wildman–Crippen LogP) is 15.3. The van der Waals surface area contributed by atoms with Gasteiger partial charge in [0.2, 0.25) is 0 Å². The molecule has 6 heteroatoms. The van der Waals surface area contributed by atoms with Crippen molar-refractivity contribution in [2.45, 2.75) is 277 Å². The molecule has 0 spiro atoms. The van der Waals surface area contributed by atoms with Gasteiger partial charge in [-0.15, -0.1) is 0 Å². The number of hydrogen-bond donors (Lipinski definition) is 0. The van der Waals surface area contributed by atoms with Gasteiger partial charge in [-0.3, -0.25) is 14.4 Å². The van der Waals surface area contributed by atoms with E-state index in [1.54, 1.807) is 0 Å². The molecule has 0 saturated heterocycles. The minimum absolute atomic E-state index is 0.0623. The van der Waals surface area contributed by atoms with Crippen molar-refractivity contribution in [1.82, 2.24) is 0 Å². The monoisotopic (exact) mass is 765 g/mol. The fourth-order valence-electron chi connectivity index (χ4n) is 7.21. The third-order valence-corrected chi connectivity index (χ3v) is 10.9. The first-order valence-electron chi connectivity index (χ1n) is 24.0. The zero-order valence-electron chi connectivity index (χ0n) is 36.5. The first kappa shape index (κ1) is 52.4. The number of ether oxygens (including phenoxy) is 3. The summed E-state index contributed by atoms with van der Waals surface area (Å²) in [4.78, 5) is 37.7. The lowest BCUT2D eigenvalue weighted by atomic mass is 10.0. The summed E-state index contributed by atoms with van der Waals surface area (Å²) in [6, 6.07) is 0. The molecule has 0 amide bonds. The maximum Gasteiger partial charge on any atom is 0.306 e. The van der Waals surface area contributed by atoms with Crippen LogP contribution in [0.25, 0.3) is 0 Å². The predicted molar refractivity (Wildman–Crippen MR) is 229 cm³/mol. The van der Waals surface area contributed by atoms with Gasteiger partial charge in [0.05, 0.1) is 0 Å². The number of carbonyl (C=O) groups is 3. The van der Waals surface area contributed by atoms with Crippen molar-refractivity contribution in [3.63, 3.8) is 0 Å². The van der Waals surface area contributed by atoms with Crippen LogP contribution in [0.3, 0.4) is 0 Å². The molecule has 0 radical (unpaired) electrons. The first-order valence-corrected chi connectivity index (χ1v) is 24.0. The second-order valence-corrected chi connectivity index (χ2v) is 16.4. The molecule has 1 atom stereocenters. The van der Waals surface area contributed by atoms with Crippen LogP contribution in [0.5, 0.6) is 0 Å². The van der Waals surface area contributed by atoms with Crippen molar-refractivity contribution in [2.24, 2.45) is 0 Å². The summed E-state index contributed by atoms with van der Waals surface area (Å²) in [6.07, 6.45) is 45.0. The highest BCUT2D eigenvalue weighted by atomic mass is 16.6. The Kier molecular flexibility index (Phi) is 42.8. The van der Waals surface area contributed by atoms with E-state index in [9.17, 15) is 14.4 Å². The second-order valence-electron chi connectivity index (χ2n) is 16.4. The van der Waals surface area contributed by atoms with Gasteiger partial charge in [-0.05, 0) is 19.3 Å². The number of esters is 3. The largest absolute Gasteiger partial charge is 0.462 e. The average molecular weight is 765 g/mol. The van der Waals surface area contributed by atoms with Gasteiger partial charge in [-0.25, -0.2) is 0 Å². The topological polar surface area (TPSA) is 78.9 Å². The summed E-state index contributed by atoms with van der Waals surface area (Å²) in [5, 5.41) is 0. The fourth-order valence-corrected chi connectivity index (χ4v) is 7.21. The van der Waals surface area contributed by atoms with E-state index in [0.717, 1.165) is 57.8 Å². The highest BCUT2D eigenvalue weighted by molar-refractivity contribution is 5.71. The van der Waals surface area contributed by atoms with E-state index in [4.69, 9.17) is 14.2 Å². The summed E-state index contributed by atoms with van der Waals surface area (Å²) < 4.78 is 16.7. The molecule has 0 N–H and O–H groups in total. The maximum absolute atomic E-state index is 12.7. The Morgan fingerprint density at radius 3 is 0.741 bits per heavy atom. The van der Waals surface area contributed by atoms with E-state index < -0.39 is 6.10 Å². The Labute approximate surface area is 336 Å². The van der Waals surface area contributed by atoms with Gasteiger partial charge < -0.3 is 14.2 Å². The molecule has 0 aromatic carbocycles. The average Bonchev–Trinajstić information content (AvgIpc) is 3.17. The lowest BCUT2D eigenvalue weighted by molar-refractivity contribution is -0.167. The van der Waals surface area contributed by atoms with Gasteiger partial charge >= 0.3 is 17.9 Å².